The van der Waals surface area contributed by atoms with Gasteiger partial charge in [-0.2, -0.15) is 0 Å². The van der Waals surface area contributed by atoms with Gasteiger partial charge in [-0.05, 0) is 13.3 Å². The summed E-state index contributed by atoms with van der Waals surface area (Å²) >= 11 is 0. The number of aromatic nitrogens is 2. The highest BCUT2D eigenvalue weighted by molar-refractivity contribution is 5.88. The molecule has 4 heteroatoms. The first-order chi connectivity index (χ1) is 6.56. The van der Waals surface area contributed by atoms with E-state index in [2.05, 4.69) is 16.9 Å². The van der Waals surface area contributed by atoms with Crippen molar-refractivity contribution in [3.05, 3.63) is 23.3 Å². The molecule has 1 atom stereocenters. The zero-order chi connectivity index (χ0) is 10.7. The van der Waals surface area contributed by atoms with Crippen molar-refractivity contribution < 1.29 is 9.90 Å². The lowest BCUT2D eigenvalue weighted by Gasteiger charge is -2.08. The number of aryl methyl sites for hydroxylation is 1. The van der Waals surface area contributed by atoms with Crippen LogP contribution in [0.15, 0.2) is 6.20 Å². The molecule has 0 saturated carbocycles. The van der Waals surface area contributed by atoms with Crippen LogP contribution in [-0.2, 0) is 0 Å². The number of carboxylic acid groups (broad SMARTS) is 1. The van der Waals surface area contributed by atoms with Gasteiger partial charge in [0.15, 0.2) is 0 Å². The maximum atomic E-state index is 10.7. The predicted molar refractivity (Wildman–Crippen MR) is 52.4 cm³/mol. The fourth-order valence-corrected chi connectivity index (χ4v) is 1.12. The number of carbonyl (C=O) groups is 1. The molecule has 4 nitrogen and oxygen atoms in total. The first-order valence-corrected chi connectivity index (χ1v) is 4.63. The molecular formula is C10H14N2O2. The van der Waals surface area contributed by atoms with E-state index in [9.17, 15) is 4.79 Å². The van der Waals surface area contributed by atoms with Gasteiger partial charge in [0.05, 0.1) is 11.3 Å². The summed E-state index contributed by atoms with van der Waals surface area (Å²) in [6.45, 7) is 5.76. The summed E-state index contributed by atoms with van der Waals surface area (Å²) in [6.07, 6.45) is 2.33. The Morgan fingerprint density at radius 1 is 1.64 bits per heavy atom. The highest BCUT2D eigenvalue weighted by Gasteiger charge is 2.12. The molecule has 0 spiro atoms. The van der Waals surface area contributed by atoms with Gasteiger partial charge in [0.1, 0.15) is 5.82 Å². The highest BCUT2D eigenvalue weighted by Crippen LogP contribution is 2.15. The minimum atomic E-state index is -0.974. The van der Waals surface area contributed by atoms with E-state index in [0.717, 1.165) is 12.2 Å². The Hall–Kier alpha value is -1.45. The molecule has 14 heavy (non-hydrogen) atoms. The van der Waals surface area contributed by atoms with Gasteiger partial charge in [0.2, 0.25) is 0 Å². The Bertz CT molecular complexity index is 350. The summed E-state index contributed by atoms with van der Waals surface area (Å²) < 4.78 is 0. The monoisotopic (exact) mass is 194 g/mol. The number of hydrogen-bond donors (Lipinski definition) is 1. The van der Waals surface area contributed by atoms with Crippen molar-refractivity contribution in [1.82, 2.24) is 9.97 Å². The van der Waals surface area contributed by atoms with Crippen molar-refractivity contribution in [1.29, 1.82) is 0 Å². The van der Waals surface area contributed by atoms with Crippen LogP contribution in [0.5, 0.6) is 0 Å². The molecule has 0 amide bonds. The molecule has 1 aromatic rings. The third-order valence-electron chi connectivity index (χ3n) is 2.28. The molecule has 1 unspecified atom stereocenters. The number of carboxylic acids is 1. The maximum Gasteiger partial charge on any atom is 0.339 e. The second-order valence-electron chi connectivity index (χ2n) is 3.34. The van der Waals surface area contributed by atoms with Crippen molar-refractivity contribution in [2.45, 2.75) is 33.1 Å². The van der Waals surface area contributed by atoms with Gasteiger partial charge in [0.25, 0.3) is 0 Å². The van der Waals surface area contributed by atoms with Gasteiger partial charge in [-0.25, -0.2) is 14.8 Å². The van der Waals surface area contributed by atoms with E-state index in [0.29, 0.717) is 5.69 Å². The molecule has 0 aliphatic carbocycles. The van der Waals surface area contributed by atoms with E-state index in [4.69, 9.17) is 5.11 Å². The molecular weight excluding hydrogens is 180 g/mol. The second-order valence-corrected chi connectivity index (χ2v) is 3.34. The van der Waals surface area contributed by atoms with Gasteiger partial charge in [-0.3, -0.25) is 0 Å². The number of aromatic carboxylic acids is 1. The summed E-state index contributed by atoms with van der Waals surface area (Å²) in [5, 5.41) is 8.77. The van der Waals surface area contributed by atoms with E-state index in [1.807, 2.05) is 6.92 Å². The summed E-state index contributed by atoms with van der Waals surface area (Å²) in [5.41, 5.74) is 0.708. The molecule has 0 aliphatic heterocycles. The van der Waals surface area contributed by atoms with Crippen LogP contribution in [0.2, 0.25) is 0 Å². The standard InChI is InChI=1S/C10H14N2O2/c1-4-6(2)9-11-5-8(10(13)14)7(3)12-9/h5-6H,4H2,1-3H3,(H,13,14). The van der Waals surface area contributed by atoms with Gasteiger partial charge in [0, 0.05) is 12.1 Å². The van der Waals surface area contributed by atoms with Crippen LogP contribution in [-0.4, -0.2) is 21.0 Å². The summed E-state index contributed by atoms with van der Waals surface area (Å²) in [4.78, 5) is 18.9. The second kappa shape index (κ2) is 4.17. The lowest BCUT2D eigenvalue weighted by molar-refractivity contribution is 0.0695. The normalized spacial score (nSPS) is 12.5. The van der Waals surface area contributed by atoms with Gasteiger partial charge in [-0.1, -0.05) is 13.8 Å². The van der Waals surface area contributed by atoms with Crippen molar-refractivity contribution in [3.8, 4) is 0 Å². The molecule has 1 rings (SSSR count). The lowest BCUT2D eigenvalue weighted by atomic mass is 10.1. The van der Waals surface area contributed by atoms with Crippen molar-refractivity contribution in [2.75, 3.05) is 0 Å². The Kier molecular flexibility index (Phi) is 3.17. The van der Waals surface area contributed by atoms with Crippen LogP contribution in [0.3, 0.4) is 0 Å². The van der Waals surface area contributed by atoms with E-state index in [1.54, 1.807) is 6.92 Å². The minimum absolute atomic E-state index is 0.178. The first kappa shape index (κ1) is 10.6. The van der Waals surface area contributed by atoms with Crippen molar-refractivity contribution >= 4 is 5.97 Å². The largest absolute Gasteiger partial charge is 0.478 e. The average Bonchev–Trinajstić information content (AvgIpc) is 2.15. The third kappa shape index (κ3) is 2.07. The van der Waals surface area contributed by atoms with Crippen LogP contribution in [0.25, 0.3) is 0 Å². The van der Waals surface area contributed by atoms with E-state index < -0.39 is 5.97 Å². The van der Waals surface area contributed by atoms with E-state index in [-0.39, 0.29) is 11.5 Å². The lowest BCUT2D eigenvalue weighted by Crippen LogP contribution is -2.07. The molecule has 0 aromatic carbocycles. The zero-order valence-electron chi connectivity index (χ0n) is 8.61. The Labute approximate surface area is 83.0 Å². The fourth-order valence-electron chi connectivity index (χ4n) is 1.12. The molecule has 76 valence electrons. The smallest absolute Gasteiger partial charge is 0.339 e. The molecule has 0 saturated heterocycles. The summed E-state index contributed by atoms with van der Waals surface area (Å²) in [5.74, 6) is 0.0183. The fraction of sp³-hybridized carbons (Fsp3) is 0.500. The van der Waals surface area contributed by atoms with Gasteiger partial charge < -0.3 is 5.11 Å². The SMILES string of the molecule is CCC(C)c1ncc(C(=O)O)c(C)n1. The van der Waals surface area contributed by atoms with Crippen LogP contribution < -0.4 is 0 Å². The average molecular weight is 194 g/mol. The highest BCUT2D eigenvalue weighted by atomic mass is 16.4. The summed E-state index contributed by atoms with van der Waals surface area (Å²) in [6, 6.07) is 0. The van der Waals surface area contributed by atoms with Crippen LogP contribution >= 0.6 is 0 Å². The van der Waals surface area contributed by atoms with E-state index in [1.165, 1.54) is 6.20 Å². The predicted octanol–water partition coefficient (Wildman–Crippen LogP) is 2.00. The molecule has 0 radical (unpaired) electrons. The quantitative estimate of drug-likeness (QED) is 0.799. The first-order valence-electron chi connectivity index (χ1n) is 4.63. The Balaban J connectivity index is 3.06. The topological polar surface area (TPSA) is 63.1 Å². The van der Waals surface area contributed by atoms with Gasteiger partial charge in [-0.15, -0.1) is 0 Å². The van der Waals surface area contributed by atoms with Crippen molar-refractivity contribution in [2.24, 2.45) is 0 Å². The Morgan fingerprint density at radius 3 is 2.71 bits per heavy atom. The number of nitrogens with zero attached hydrogens (tertiary/aromatic N) is 2. The molecule has 1 heterocycles. The molecule has 0 fully saturated rings. The maximum absolute atomic E-state index is 10.7. The zero-order valence-corrected chi connectivity index (χ0v) is 8.61. The number of rotatable bonds is 3. The molecule has 1 N–H and O–H groups in total. The van der Waals surface area contributed by atoms with E-state index >= 15 is 0 Å². The summed E-state index contributed by atoms with van der Waals surface area (Å²) in [7, 11) is 0. The third-order valence-corrected chi connectivity index (χ3v) is 2.28. The molecule has 0 bridgehead atoms. The van der Waals surface area contributed by atoms with Crippen LogP contribution in [0, 0.1) is 6.92 Å². The molecule has 0 aliphatic rings. The molecule has 1 aromatic heterocycles. The van der Waals surface area contributed by atoms with Crippen LogP contribution in [0.1, 0.15) is 48.1 Å². The minimum Gasteiger partial charge on any atom is -0.478 e. The van der Waals surface area contributed by atoms with Crippen LogP contribution in [0.4, 0.5) is 0 Å². The Morgan fingerprint density at radius 2 is 2.29 bits per heavy atom. The van der Waals surface area contributed by atoms with Gasteiger partial charge >= 0.3 is 5.97 Å². The number of hydrogen-bond acceptors (Lipinski definition) is 3. The van der Waals surface area contributed by atoms with Crippen molar-refractivity contribution in [3.63, 3.8) is 0 Å².